The van der Waals surface area contributed by atoms with Crippen molar-refractivity contribution in [2.75, 3.05) is 0 Å². The van der Waals surface area contributed by atoms with Crippen molar-refractivity contribution in [1.29, 1.82) is 0 Å². The van der Waals surface area contributed by atoms with Gasteiger partial charge in [0.15, 0.2) is 0 Å². The van der Waals surface area contributed by atoms with Gasteiger partial charge in [-0.15, -0.1) is 0 Å². The third kappa shape index (κ3) is 3.14. The van der Waals surface area contributed by atoms with Crippen molar-refractivity contribution in [2.24, 2.45) is 0 Å². The summed E-state index contributed by atoms with van der Waals surface area (Å²) >= 11 is 0. The molecule has 0 amide bonds. The molecule has 0 atom stereocenters. The molecular formula is C12H19FOSi. The highest BCUT2D eigenvalue weighted by Crippen LogP contribution is 2.24. The first-order valence-corrected chi connectivity index (χ1v) is 6.27. The average Bonchev–Trinajstić information content (AvgIpc) is 2.29. The first-order valence-electron chi connectivity index (χ1n) is 5.45. The number of rotatable bonds is 5. The van der Waals surface area contributed by atoms with E-state index in [0.717, 1.165) is 35.3 Å². The highest BCUT2D eigenvalue weighted by Gasteiger charge is 2.24. The lowest BCUT2D eigenvalue weighted by molar-refractivity contribution is 0.0713. The average molecular weight is 226 g/mol. The van der Waals surface area contributed by atoms with Crippen LogP contribution in [0.25, 0.3) is 0 Å². The van der Waals surface area contributed by atoms with E-state index in [4.69, 9.17) is 4.43 Å². The van der Waals surface area contributed by atoms with Crippen LogP contribution in [-0.4, -0.2) is 16.1 Å². The summed E-state index contributed by atoms with van der Waals surface area (Å²) in [4.78, 5) is 0. The van der Waals surface area contributed by atoms with Gasteiger partial charge in [0.1, 0.15) is 16.3 Å². The van der Waals surface area contributed by atoms with Gasteiger partial charge in [-0.25, -0.2) is 4.39 Å². The zero-order chi connectivity index (χ0) is 11.3. The van der Waals surface area contributed by atoms with Crippen molar-refractivity contribution in [3.05, 3.63) is 35.6 Å². The molecule has 1 nitrogen and oxygen atoms in total. The Balaban J connectivity index is 2.78. The highest BCUT2D eigenvalue weighted by atomic mass is 28.2. The van der Waals surface area contributed by atoms with E-state index in [1.807, 2.05) is 12.1 Å². The molecule has 0 spiro atoms. The standard InChI is InChI=1S/C12H19FOSi/c1-3-12(4-2,14-15)9-10-5-7-11(13)8-6-10/h5-8H,3-4,9H2,1-2,15H3. The Morgan fingerprint density at radius 2 is 1.73 bits per heavy atom. The summed E-state index contributed by atoms with van der Waals surface area (Å²) in [7, 11) is 0.750. The van der Waals surface area contributed by atoms with Gasteiger partial charge < -0.3 is 4.43 Å². The van der Waals surface area contributed by atoms with E-state index in [-0.39, 0.29) is 11.4 Å². The summed E-state index contributed by atoms with van der Waals surface area (Å²) in [6.45, 7) is 4.29. The van der Waals surface area contributed by atoms with Crippen molar-refractivity contribution in [3.8, 4) is 0 Å². The summed E-state index contributed by atoms with van der Waals surface area (Å²) in [5, 5.41) is 0. The second-order valence-corrected chi connectivity index (χ2v) is 4.31. The Bertz CT molecular complexity index is 285. The van der Waals surface area contributed by atoms with Crippen LogP contribution in [0.5, 0.6) is 0 Å². The molecule has 1 rings (SSSR count). The van der Waals surface area contributed by atoms with E-state index in [1.165, 1.54) is 12.1 Å². The van der Waals surface area contributed by atoms with Crippen molar-refractivity contribution in [1.82, 2.24) is 0 Å². The van der Waals surface area contributed by atoms with Crippen LogP contribution in [0.4, 0.5) is 4.39 Å². The fourth-order valence-corrected chi connectivity index (χ4v) is 2.56. The largest absolute Gasteiger partial charge is 0.422 e. The Morgan fingerprint density at radius 3 is 2.13 bits per heavy atom. The van der Waals surface area contributed by atoms with Crippen molar-refractivity contribution < 1.29 is 8.82 Å². The van der Waals surface area contributed by atoms with Gasteiger partial charge in [-0.3, -0.25) is 0 Å². The summed E-state index contributed by atoms with van der Waals surface area (Å²) in [6.07, 6.45) is 2.89. The molecule has 0 saturated heterocycles. The normalized spacial score (nSPS) is 11.9. The summed E-state index contributed by atoms with van der Waals surface area (Å²) < 4.78 is 18.5. The van der Waals surface area contributed by atoms with Gasteiger partial charge >= 0.3 is 0 Å². The van der Waals surface area contributed by atoms with E-state index in [2.05, 4.69) is 13.8 Å². The van der Waals surface area contributed by atoms with Crippen LogP contribution in [0, 0.1) is 5.82 Å². The zero-order valence-electron chi connectivity index (χ0n) is 9.72. The second-order valence-electron chi connectivity index (χ2n) is 3.90. The molecule has 0 aliphatic rings. The summed E-state index contributed by atoms with van der Waals surface area (Å²) in [5.41, 5.74) is 1.11. The summed E-state index contributed by atoms with van der Waals surface area (Å²) in [6, 6.07) is 6.71. The molecule has 0 N–H and O–H groups in total. The Kier molecular flexibility index (Phi) is 4.48. The number of benzene rings is 1. The molecule has 84 valence electrons. The van der Waals surface area contributed by atoms with Crippen molar-refractivity contribution in [2.45, 2.75) is 38.7 Å². The molecule has 3 heteroatoms. The topological polar surface area (TPSA) is 9.23 Å². The monoisotopic (exact) mass is 226 g/mol. The Labute approximate surface area is 94.2 Å². The highest BCUT2D eigenvalue weighted by molar-refractivity contribution is 5.98. The summed E-state index contributed by atoms with van der Waals surface area (Å²) in [5.74, 6) is -0.177. The van der Waals surface area contributed by atoms with Gasteiger partial charge in [0.25, 0.3) is 0 Å². The van der Waals surface area contributed by atoms with Gasteiger partial charge in [0, 0.05) is 6.42 Å². The van der Waals surface area contributed by atoms with Crippen LogP contribution >= 0.6 is 0 Å². The maximum Gasteiger partial charge on any atom is 0.146 e. The van der Waals surface area contributed by atoms with Crippen LogP contribution in [-0.2, 0) is 10.8 Å². The molecule has 0 fully saturated rings. The number of halogens is 1. The number of hydrogen-bond acceptors (Lipinski definition) is 1. The molecule has 0 heterocycles. The van der Waals surface area contributed by atoms with Crippen molar-refractivity contribution >= 4 is 10.5 Å². The molecule has 0 saturated carbocycles. The van der Waals surface area contributed by atoms with Gasteiger partial charge in [-0.2, -0.15) is 0 Å². The minimum absolute atomic E-state index is 0.0376. The second kappa shape index (κ2) is 5.42. The SMILES string of the molecule is CCC(CC)(Cc1ccc(F)cc1)O[SiH3]. The molecule has 1 aromatic rings. The van der Waals surface area contributed by atoms with E-state index in [0.29, 0.717) is 0 Å². The molecule has 0 aromatic heterocycles. The molecule has 0 aliphatic carbocycles. The fraction of sp³-hybridized carbons (Fsp3) is 0.500. The minimum Gasteiger partial charge on any atom is -0.422 e. The first kappa shape index (κ1) is 12.4. The quantitative estimate of drug-likeness (QED) is 0.700. The van der Waals surface area contributed by atoms with Crippen LogP contribution in [0.2, 0.25) is 0 Å². The van der Waals surface area contributed by atoms with Crippen LogP contribution in [0.15, 0.2) is 24.3 Å². The Hall–Kier alpha value is -0.673. The van der Waals surface area contributed by atoms with E-state index >= 15 is 0 Å². The Morgan fingerprint density at radius 1 is 1.20 bits per heavy atom. The predicted molar refractivity (Wildman–Crippen MR) is 64.4 cm³/mol. The van der Waals surface area contributed by atoms with Gasteiger partial charge in [0.05, 0.1) is 5.60 Å². The molecule has 0 bridgehead atoms. The van der Waals surface area contributed by atoms with E-state index in [9.17, 15) is 4.39 Å². The molecular weight excluding hydrogens is 207 g/mol. The van der Waals surface area contributed by atoms with Gasteiger partial charge in [-0.1, -0.05) is 26.0 Å². The van der Waals surface area contributed by atoms with E-state index in [1.54, 1.807) is 0 Å². The van der Waals surface area contributed by atoms with E-state index < -0.39 is 0 Å². The molecule has 0 unspecified atom stereocenters. The number of hydrogen-bond donors (Lipinski definition) is 0. The fourth-order valence-electron chi connectivity index (χ4n) is 1.84. The minimum atomic E-state index is -0.177. The lowest BCUT2D eigenvalue weighted by atomic mass is 9.89. The third-order valence-electron chi connectivity index (χ3n) is 3.16. The molecule has 1 aromatic carbocycles. The van der Waals surface area contributed by atoms with Gasteiger partial charge in [0.2, 0.25) is 0 Å². The smallest absolute Gasteiger partial charge is 0.146 e. The zero-order valence-corrected chi connectivity index (χ0v) is 11.7. The predicted octanol–water partition coefficient (Wildman–Crippen LogP) is 2.22. The molecule has 0 aliphatic heterocycles. The van der Waals surface area contributed by atoms with Crippen LogP contribution in [0.1, 0.15) is 32.3 Å². The maximum absolute atomic E-state index is 12.7. The van der Waals surface area contributed by atoms with Crippen molar-refractivity contribution in [3.63, 3.8) is 0 Å². The van der Waals surface area contributed by atoms with Crippen LogP contribution < -0.4 is 0 Å². The first-order chi connectivity index (χ1) is 7.15. The maximum atomic E-state index is 12.7. The lowest BCUT2D eigenvalue weighted by Gasteiger charge is -2.31. The van der Waals surface area contributed by atoms with Gasteiger partial charge in [-0.05, 0) is 30.5 Å². The van der Waals surface area contributed by atoms with Crippen LogP contribution in [0.3, 0.4) is 0 Å². The molecule has 0 radical (unpaired) electrons. The molecule has 15 heavy (non-hydrogen) atoms. The third-order valence-corrected chi connectivity index (χ3v) is 4.03. The lowest BCUT2D eigenvalue weighted by Crippen LogP contribution is -2.32.